The molecular formula is C8H10N6. The zero-order valence-electron chi connectivity index (χ0n) is 7.97. The minimum Gasteiger partial charge on any atom is -0.368 e. The number of aryl methyl sites for hydroxylation is 2. The lowest BCUT2D eigenvalue weighted by Crippen LogP contribution is -2.05. The summed E-state index contributed by atoms with van der Waals surface area (Å²) in [6.45, 7) is 3.64. The summed E-state index contributed by atoms with van der Waals surface area (Å²) in [5.41, 5.74) is 6.48. The van der Waals surface area contributed by atoms with Crippen molar-refractivity contribution in [3.05, 3.63) is 23.7 Å². The van der Waals surface area contributed by atoms with Gasteiger partial charge >= 0.3 is 0 Å². The predicted molar refractivity (Wildman–Crippen MR) is 50.8 cm³/mol. The lowest BCUT2D eigenvalue weighted by Gasteiger charge is -1.99. The van der Waals surface area contributed by atoms with Gasteiger partial charge in [0.1, 0.15) is 5.82 Å². The van der Waals surface area contributed by atoms with Crippen molar-refractivity contribution in [2.24, 2.45) is 0 Å². The Hall–Kier alpha value is -1.98. The van der Waals surface area contributed by atoms with E-state index in [2.05, 4.69) is 20.3 Å². The number of nitrogen functional groups attached to an aromatic ring is 1. The highest BCUT2D eigenvalue weighted by Gasteiger charge is 2.06. The summed E-state index contributed by atoms with van der Waals surface area (Å²) < 4.78 is 1.46. The van der Waals surface area contributed by atoms with Crippen LogP contribution in [0.4, 0.5) is 5.95 Å². The van der Waals surface area contributed by atoms with Gasteiger partial charge in [-0.25, -0.2) is 0 Å². The van der Waals surface area contributed by atoms with E-state index in [-0.39, 0.29) is 0 Å². The van der Waals surface area contributed by atoms with Crippen LogP contribution in [0.1, 0.15) is 11.5 Å². The standard InChI is InChI=1S/C8H10N6/c1-5-3-4-7(12-11-5)14-8(9)10-6(2)13-14/h3-4H,1-2H3,(H2,9,10,13). The van der Waals surface area contributed by atoms with Crippen molar-refractivity contribution in [2.75, 3.05) is 5.73 Å². The van der Waals surface area contributed by atoms with E-state index in [1.807, 2.05) is 13.0 Å². The SMILES string of the molecule is Cc1ccc(-n2nc(C)nc2N)nn1. The van der Waals surface area contributed by atoms with E-state index in [1.54, 1.807) is 13.0 Å². The van der Waals surface area contributed by atoms with Crippen LogP contribution in [-0.2, 0) is 0 Å². The fourth-order valence-corrected chi connectivity index (χ4v) is 1.10. The molecule has 6 heteroatoms. The second-order valence-electron chi connectivity index (χ2n) is 2.96. The molecule has 0 fully saturated rings. The molecule has 0 saturated carbocycles. The molecule has 0 bridgehead atoms. The van der Waals surface area contributed by atoms with E-state index >= 15 is 0 Å². The molecule has 0 aromatic carbocycles. The lowest BCUT2D eigenvalue weighted by molar-refractivity contribution is 0.804. The van der Waals surface area contributed by atoms with E-state index in [0.717, 1.165) is 5.69 Å². The molecule has 0 unspecified atom stereocenters. The first-order chi connectivity index (χ1) is 6.66. The fraction of sp³-hybridized carbons (Fsp3) is 0.250. The summed E-state index contributed by atoms with van der Waals surface area (Å²) in [7, 11) is 0. The van der Waals surface area contributed by atoms with Crippen molar-refractivity contribution in [2.45, 2.75) is 13.8 Å². The topological polar surface area (TPSA) is 82.5 Å². The number of aromatic nitrogens is 5. The third kappa shape index (κ3) is 1.41. The molecule has 0 spiro atoms. The highest BCUT2D eigenvalue weighted by Crippen LogP contribution is 2.07. The molecule has 2 N–H and O–H groups in total. The Bertz CT molecular complexity index is 443. The molecule has 0 aliphatic carbocycles. The number of nitrogens with two attached hydrogens (primary N) is 1. The summed E-state index contributed by atoms with van der Waals surface area (Å²) in [5.74, 6) is 1.51. The maximum absolute atomic E-state index is 5.63. The second kappa shape index (κ2) is 3.06. The zero-order chi connectivity index (χ0) is 10.1. The molecule has 0 aliphatic heterocycles. The molecule has 2 aromatic heterocycles. The molecule has 0 amide bonds. The van der Waals surface area contributed by atoms with Crippen molar-refractivity contribution >= 4 is 5.95 Å². The van der Waals surface area contributed by atoms with Crippen molar-refractivity contribution in [3.63, 3.8) is 0 Å². The van der Waals surface area contributed by atoms with Crippen LogP contribution in [0, 0.1) is 13.8 Å². The molecule has 2 aromatic rings. The van der Waals surface area contributed by atoms with E-state index in [9.17, 15) is 0 Å². The van der Waals surface area contributed by atoms with Crippen molar-refractivity contribution in [1.82, 2.24) is 25.0 Å². The smallest absolute Gasteiger partial charge is 0.225 e. The quantitative estimate of drug-likeness (QED) is 0.697. The molecule has 0 atom stereocenters. The Morgan fingerprint density at radius 2 is 2.00 bits per heavy atom. The van der Waals surface area contributed by atoms with Crippen molar-refractivity contribution in [1.29, 1.82) is 0 Å². The summed E-state index contributed by atoms with van der Waals surface area (Å²) in [4.78, 5) is 3.97. The third-order valence-electron chi connectivity index (χ3n) is 1.74. The number of anilines is 1. The molecule has 2 heterocycles. The van der Waals surface area contributed by atoms with Gasteiger partial charge in [0, 0.05) is 0 Å². The first-order valence-corrected chi connectivity index (χ1v) is 4.16. The fourth-order valence-electron chi connectivity index (χ4n) is 1.10. The Morgan fingerprint density at radius 3 is 2.50 bits per heavy atom. The van der Waals surface area contributed by atoms with Gasteiger partial charge in [-0.1, -0.05) is 0 Å². The Balaban J connectivity index is 2.49. The van der Waals surface area contributed by atoms with Gasteiger partial charge in [-0.15, -0.1) is 10.2 Å². The Morgan fingerprint density at radius 1 is 1.21 bits per heavy atom. The van der Waals surface area contributed by atoms with Crippen LogP contribution >= 0.6 is 0 Å². The minimum absolute atomic E-state index is 0.320. The Labute approximate surface area is 80.8 Å². The highest BCUT2D eigenvalue weighted by atomic mass is 15.4. The highest BCUT2D eigenvalue weighted by molar-refractivity contribution is 5.30. The molecular weight excluding hydrogens is 180 g/mol. The molecule has 72 valence electrons. The van der Waals surface area contributed by atoms with Gasteiger partial charge in [0.2, 0.25) is 5.95 Å². The van der Waals surface area contributed by atoms with Crippen LogP contribution in [0.15, 0.2) is 12.1 Å². The minimum atomic E-state index is 0.320. The molecule has 0 saturated heterocycles. The predicted octanol–water partition coefficient (Wildman–Crippen LogP) is 0.256. The molecule has 14 heavy (non-hydrogen) atoms. The van der Waals surface area contributed by atoms with Crippen molar-refractivity contribution < 1.29 is 0 Å². The van der Waals surface area contributed by atoms with E-state index in [0.29, 0.717) is 17.6 Å². The molecule has 0 radical (unpaired) electrons. The van der Waals surface area contributed by atoms with Crippen LogP contribution in [-0.4, -0.2) is 25.0 Å². The number of rotatable bonds is 1. The molecule has 6 nitrogen and oxygen atoms in total. The van der Waals surface area contributed by atoms with E-state index < -0.39 is 0 Å². The summed E-state index contributed by atoms with van der Waals surface area (Å²) >= 11 is 0. The van der Waals surface area contributed by atoms with Gasteiger partial charge < -0.3 is 5.73 Å². The largest absolute Gasteiger partial charge is 0.368 e. The first-order valence-electron chi connectivity index (χ1n) is 4.16. The number of hydrogen-bond acceptors (Lipinski definition) is 5. The Kier molecular flexibility index (Phi) is 1.88. The van der Waals surface area contributed by atoms with Gasteiger partial charge in [-0.3, -0.25) is 0 Å². The van der Waals surface area contributed by atoms with E-state index in [1.165, 1.54) is 4.68 Å². The van der Waals surface area contributed by atoms with Gasteiger partial charge in [-0.2, -0.15) is 14.8 Å². The van der Waals surface area contributed by atoms with Gasteiger partial charge in [0.15, 0.2) is 5.82 Å². The number of hydrogen-bond donors (Lipinski definition) is 1. The summed E-state index contributed by atoms with van der Waals surface area (Å²) in [6, 6.07) is 3.64. The van der Waals surface area contributed by atoms with Crippen LogP contribution in [0.25, 0.3) is 5.82 Å². The van der Waals surface area contributed by atoms with Gasteiger partial charge in [-0.05, 0) is 26.0 Å². The van der Waals surface area contributed by atoms with E-state index in [4.69, 9.17) is 5.73 Å². The lowest BCUT2D eigenvalue weighted by atomic mass is 10.4. The van der Waals surface area contributed by atoms with Crippen molar-refractivity contribution in [3.8, 4) is 5.82 Å². The monoisotopic (exact) mass is 190 g/mol. The zero-order valence-corrected chi connectivity index (χ0v) is 7.97. The summed E-state index contributed by atoms with van der Waals surface area (Å²) in [5, 5.41) is 12.0. The normalized spacial score (nSPS) is 10.4. The van der Waals surface area contributed by atoms with Gasteiger partial charge in [0.25, 0.3) is 0 Å². The third-order valence-corrected chi connectivity index (χ3v) is 1.74. The van der Waals surface area contributed by atoms with Crippen LogP contribution in [0.3, 0.4) is 0 Å². The summed E-state index contributed by atoms with van der Waals surface area (Å²) in [6.07, 6.45) is 0. The van der Waals surface area contributed by atoms with Crippen LogP contribution in [0.2, 0.25) is 0 Å². The molecule has 2 rings (SSSR count). The maximum Gasteiger partial charge on any atom is 0.225 e. The molecule has 0 aliphatic rings. The second-order valence-corrected chi connectivity index (χ2v) is 2.96. The number of nitrogens with zero attached hydrogens (tertiary/aromatic N) is 5. The average Bonchev–Trinajstić information content (AvgIpc) is 2.47. The van der Waals surface area contributed by atoms with Gasteiger partial charge in [0.05, 0.1) is 5.69 Å². The maximum atomic E-state index is 5.63. The van der Waals surface area contributed by atoms with Crippen LogP contribution < -0.4 is 5.73 Å². The first kappa shape index (κ1) is 8.61. The average molecular weight is 190 g/mol. The van der Waals surface area contributed by atoms with Crippen LogP contribution in [0.5, 0.6) is 0 Å².